The Kier molecular flexibility index (Phi) is 7.62. The van der Waals surface area contributed by atoms with Crippen molar-refractivity contribution in [2.45, 2.75) is 26.4 Å². The number of alkyl halides is 3. The van der Waals surface area contributed by atoms with Crippen LogP contribution in [0.15, 0.2) is 41.8 Å². The molecule has 0 saturated carbocycles. The van der Waals surface area contributed by atoms with Crippen molar-refractivity contribution in [1.29, 1.82) is 0 Å². The van der Waals surface area contributed by atoms with E-state index in [1.807, 2.05) is 25.3 Å². The van der Waals surface area contributed by atoms with Crippen molar-refractivity contribution >= 4 is 39.6 Å². The zero-order chi connectivity index (χ0) is 23.3. The molecule has 2 amide bonds. The van der Waals surface area contributed by atoms with Crippen molar-refractivity contribution in [1.82, 2.24) is 15.1 Å². The van der Waals surface area contributed by atoms with Gasteiger partial charge in [0.1, 0.15) is 5.01 Å². The Hall–Kier alpha value is -2.79. The topological polar surface area (TPSA) is 75.2 Å². The summed E-state index contributed by atoms with van der Waals surface area (Å²) in [7, 11) is 0. The molecule has 3 rings (SSSR count). The highest BCUT2D eigenvalue weighted by Gasteiger charge is 2.30. The van der Waals surface area contributed by atoms with E-state index in [0.29, 0.717) is 22.0 Å². The number of rotatable bonds is 8. The van der Waals surface area contributed by atoms with Crippen LogP contribution in [0, 0.1) is 5.92 Å². The summed E-state index contributed by atoms with van der Waals surface area (Å²) in [6, 6.07) is 8.14. The molecule has 2 aromatic heterocycles. The summed E-state index contributed by atoms with van der Waals surface area (Å²) >= 11 is 2.42. The highest BCUT2D eigenvalue weighted by Crippen LogP contribution is 2.32. The molecule has 32 heavy (non-hydrogen) atoms. The monoisotopic (exact) mass is 482 g/mol. The Balaban J connectivity index is 1.59. The molecule has 170 valence electrons. The number of hydrogen-bond acceptors (Lipinski definition) is 6. The lowest BCUT2D eigenvalue weighted by molar-refractivity contribution is -0.137. The van der Waals surface area contributed by atoms with Crippen LogP contribution in [0.3, 0.4) is 0 Å². The number of amides is 2. The molecule has 3 aromatic rings. The van der Waals surface area contributed by atoms with Crippen molar-refractivity contribution in [2.75, 3.05) is 18.4 Å². The standard InChI is InChI=1S/C21H21F3N4O2S2/c1-13(2)12-28(19(30)16-4-3-11-31-16)10-9-17(29)25-20-27-26-18(32-20)14-5-7-15(8-6-14)21(22,23)24/h3-8,11,13H,9-10,12H2,1-2H3,(H,25,27,29). The molecule has 0 bridgehead atoms. The summed E-state index contributed by atoms with van der Waals surface area (Å²) in [6.45, 7) is 4.78. The van der Waals surface area contributed by atoms with Crippen LogP contribution in [0.1, 0.15) is 35.5 Å². The summed E-state index contributed by atoms with van der Waals surface area (Å²) in [4.78, 5) is 27.3. The maximum Gasteiger partial charge on any atom is 0.416 e. The third-order valence-corrected chi connectivity index (χ3v) is 6.09. The Bertz CT molecular complexity index is 1050. The van der Waals surface area contributed by atoms with Gasteiger partial charge in [0.15, 0.2) is 0 Å². The number of nitrogens with zero attached hydrogens (tertiary/aromatic N) is 3. The zero-order valence-electron chi connectivity index (χ0n) is 17.3. The minimum atomic E-state index is -4.41. The lowest BCUT2D eigenvalue weighted by atomic mass is 10.1. The highest BCUT2D eigenvalue weighted by molar-refractivity contribution is 7.18. The molecule has 0 unspecified atom stereocenters. The molecule has 0 aliphatic heterocycles. The van der Waals surface area contributed by atoms with Crippen LogP contribution in [0.2, 0.25) is 0 Å². The molecule has 0 radical (unpaired) electrons. The molecule has 0 aliphatic carbocycles. The van der Waals surface area contributed by atoms with Gasteiger partial charge < -0.3 is 10.2 Å². The van der Waals surface area contributed by atoms with E-state index in [-0.39, 0.29) is 35.8 Å². The van der Waals surface area contributed by atoms with Gasteiger partial charge >= 0.3 is 6.18 Å². The number of benzene rings is 1. The first-order chi connectivity index (χ1) is 15.1. The van der Waals surface area contributed by atoms with E-state index in [1.54, 1.807) is 11.0 Å². The molecule has 11 heteroatoms. The van der Waals surface area contributed by atoms with E-state index >= 15 is 0 Å². The fourth-order valence-corrected chi connectivity index (χ4v) is 4.34. The molecule has 1 aromatic carbocycles. The quantitative estimate of drug-likeness (QED) is 0.466. The van der Waals surface area contributed by atoms with Crippen molar-refractivity contribution in [3.8, 4) is 10.6 Å². The maximum atomic E-state index is 12.7. The maximum absolute atomic E-state index is 12.7. The van der Waals surface area contributed by atoms with Crippen molar-refractivity contribution in [2.24, 2.45) is 5.92 Å². The first kappa shape index (κ1) is 23.9. The number of nitrogens with one attached hydrogen (secondary N) is 1. The molecule has 1 N–H and O–H groups in total. The van der Waals surface area contributed by atoms with Crippen molar-refractivity contribution < 1.29 is 22.8 Å². The van der Waals surface area contributed by atoms with Crippen molar-refractivity contribution in [3.05, 3.63) is 52.2 Å². The summed E-state index contributed by atoms with van der Waals surface area (Å²) in [6.07, 6.45) is -4.33. The normalized spacial score (nSPS) is 11.6. The van der Waals surface area contributed by atoms with Gasteiger partial charge in [0.05, 0.1) is 10.4 Å². The van der Waals surface area contributed by atoms with Gasteiger partial charge in [-0.05, 0) is 29.5 Å². The highest BCUT2D eigenvalue weighted by atomic mass is 32.1. The van der Waals surface area contributed by atoms with Gasteiger partial charge in [0, 0.05) is 25.1 Å². The number of carbonyl (C=O) groups is 2. The predicted molar refractivity (Wildman–Crippen MR) is 119 cm³/mol. The van der Waals surface area contributed by atoms with Gasteiger partial charge in [-0.15, -0.1) is 21.5 Å². The predicted octanol–water partition coefficient (Wildman–Crippen LogP) is 5.41. The average Bonchev–Trinajstić information content (AvgIpc) is 3.42. The first-order valence-corrected chi connectivity index (χ1v) is 11.5. The van der Waals surface area contributed by atoms with Crippen LogP contribution in [0.4, 0.5) is 18.3 Å². The SMILES string of the molecule is CC(C)CN(CCC(=O)Nc1nnc(-c2ccc(C(F)(F)F)cc2)s1)C(=O)c1cccs1. The Labute approximate surface area is 191 Å². The molecule has 0 saturated heterocycles. The lowest BCUT2D eigenvalue weighted by Crippen LogP contribution is -2.36. The molecular weight excluding hydrogens is 461 g/mol. The number of halogens is 3. The fourth-order valence-electron chi connectivity index (χ4n) is 2.88. The molecule has 0 fully saturated rings. The zero-order valence-corrected chi connectivity index (χ0v) is 19.0. The van der Waals surface area contributed by atoms with E-state index in [4.69, 9.17) is 0 Å². The van der Waals surface area contributed by atoms with Crippen LogP contribution in [0.5, 0.6) is 0 Å². The molecule has 2 heterocycles. The van der Waals surface area contributed by atoms with Crippen LogP contribution in [-0.4, -0.2) is 40.0 Å². The summed E-state index contributed by atoms with van der Waals surface area (Å²) < 4.78 is 38.1. The number of carbonyl (C=O) groups excluding carboxylic acids is 2. The number of hydrogen-bond donors (Lipinski definition) is 1. The van der Waals surface area contributed by atoms with E-state index in [2.05, 4.69) is 15.5 Å². The summed E-state index contributed by atoms with van der Waals surface area (Å²) in [5.41, 5.74) is -0.275. The van der Waals surface area contributed by atoms with Crippen LogP contribution < -0.4 is 5.32 Å². The first-order valence-electron chi connectivity index (χ1n) is 9.77. The minimum Gasteiger partial charge on any atom is -0.337 e. The number of anilines is 1. The van der Waals surface area contributed by atoms with Gasteiger partial charge in [-0.1, -0.05) is 43.4 Å². The van der Waals surface area contributed by atoms with Crippen LogP contribution >= 0.6 is 22.7 Å². The summed E-state index contributed by atoms with van der Waals surface area (Å²) in [5.74, 6) is -0.189. The van der Waals surface area contributed by atoms with E-state index in [0.717, 1.165) is 23.5 Å². The molecule has 0 aliphatic rings. The van der Waals surface area contributed by atoms with Gasteiger partial charge in [0.2, 0.25) is 11.0 Å². The number of thiophene rings is 1. The van der Waals surface area contributed by atoms with Gasteiger partial charge in [0.25, 0.3) is 5.91 Å². The second kappa shape index (κ2) is 10.2. The molecule has 0 spiro atoms. The molecule has 6 nitrogen and oxygen atoms in total. The lowest BCUT2D eigenvalue weighted by Gasteiger charge is -2.23. The Morgan fingerprint density at radius 2 is 1.84 bits per heavy atom. The van der Waals surface area contributed by atoms with E-state index in [1.165, 1.54) is 23.5 Å². The largest absolute Gasteiger partial charge is 0.416 e. The van der Waals surface area contributed by atoms with Gasteiger partial charge in [-0.25, -0.2) is 0 Å². The van der Waals surface area contributed by atoms with Gasteiger partial charge in [-0.3, -0.25) is 9.59 Å². The third-order valence-electron chi connectivity index (χ3n) is 4.34. The van der Waals surface area contributed by atoms with Gasteiger partial charge in [-0.2, -0.15) is 13.2 Å². The van der Waals surface area contributed by atoms with Crippen LogP contribution in [0.25, 0.3) is 10.6 Å². The van der Waals surface area contributed by atoms with E-state index in [9.17, 15) is 22.8 Å². The van der Waals surface area contributed by atoms with Crippen LogP contribution in [-0.2, 0) is 11.0 Å². The Morgan fingerprint density at radius 3 is 2.44 bits per heavy atom. The third kappa shape index (κ3) is 6.36. The minimum absolute atomic E-state index is 0.0824. The second-order valence-electron chi connectivity index (χ2n) is 7.41. The summed E-state index contributed by atoms with van der Waals surface area (Å²) in [5, 5.41) is 12.9. The second-order valence-corrected chi connectivity index (χ2v) is 9.33. The molecular formula is C21H21F3N4O2S2. The number of aromatic nitrogens is 2. The van der Waals surface area contributed by atoms with E-state index < -0.39 is 11.7 Å². The molecule has 0 atom stereocenters. The Morgan fingerprint density at radius 1 is 1.12 bits per heavy atom. The smallest absolute Gasteiger partial charge is 0.337 e. The average molecular weight is 483 g/mol. The van der Waals surface area contributed by atoms with Crippen molar-refractivity contribution in [3.63, 3.8) is 0 Å². The fraction of sp³-hybridized carbons (Fsp3) is 0.333.